The third-order valence-corrected chi connectivity index (χ3v) is 4.45. The van der Waals surface area contributed by atoms with E-state index in [9.17, 15) is 9.90 Å². The van der Waals surface area contributed by atoms with Gasteiger partial charge < -0.3 is 20.9 Å². The third kappa shape index (κ3) is 6.12. The van der Waals surface area contributed by atoms with E-state index < -0.39 is 12.0 Å². The molecular formula is C22H30ClN3O3. The number of carboxylic acids is 1. The van der Waals surface area contributed by atoms with Crippen LogP contribution < -0.4 is 15.8 Å². The van der Waals surface area contributed by atoms with Gasteiger partial charge in [0.2, 0.25) is 0 Å². The van der Waals surface area contributed by atoms with Crippen molar-refractivity contribution in [2.45, 2.75) is 52.7 Å². The van der Waals surface area contributed by atoms with Crippen LogP contribution in [0.4, 0.5) is 5.69 Å². The van der Waals surface area contributed by atoms with Gasteiger partial charge >= 0.3 is 5.97 Å². The molecule has 6 nitrogen and oxygen atoms in total. The number of aryl methyl sites for hydroxylation is 1. The van der Waals surface area contributed by atoms with Gasteiger partial charge in [-0.1, -0.05) is 13.8 Å². The van der Waals surface area contributed by atoms with Gasteiger partial charge in [0.05, 0.1) is 6.10 Å². The number of amidine groups is 1. The second-order valence-corrected chi connectivity index (χ2v) is 7.47. The molecule has 0 saturated heterocycles. The molecule has 5 N–H and O–H groups in total. The number of rotatable bonds is 8. The Morgan fingerprint density at radius 2 is 1.69 bits per heavy atom. The summed E-state index contributed by atoms with van der Waals surface area (Å²) in [6, 6.07) is 9.76. The quantitative estimate of drug-likeness (QED) is 0.361. The summed E-state index contributed by atoms with van der Waals surface area (Å²) in [4.78, 5) is 12.0. The molecule has 0 radical (unpaired) electrons. The molecule has 7 heteroatoms. The fourth-order valence-corrected chi connectivity index (χ4v) is 3.02. The summed E-state index contributed by atoms with van der Waals surface area (Å²) < 4.78 is 5.94. The smallest absolute Gasteiger partial charge is 0.330 e. The lowest BCUT2D eigenvalue weighted by atomic mass is 9.92. The maximum absolute atomic E-state index is 12.0. The molecule has 158 valence electrons. The standard InChI is InChI=1S/C22H29N3O3.ClH/c1-12(2)17-11-18(14(5)10-19(17)28-13(3)4)20(22(26)27)25-16-8-6-15(7-9-16)21(23)24;/h6-13,20,25H,1-5H3,(H3,23,24)(H,26,27);1H. The van der Waals surface area contributed by atoms with Crippen molar-refractivity contribution in [2.24, 2.45) is 5.73 Å². The minimum atomic E-state index is -0.967. The van der Waals surface area contributed by atoms with Crippen molar-refractivity contribution in [3.8, 4) is 5.75 Å². The van der Waals surface area contributed by atoms with E-state index in [2.05, 4.69) is 19.2 Å². The van der Waals surface area contributed by atoms with Gasteiger partial charge in [-0.05, 0) is 79.8 Å². The largest absolute Gasteiger partial charge is 0.491 e. The summed E-state index contributed by atoms with van der Waals surface area (Å²) in [5.41, 5.74) is 9.23. The zero-order chi connectivity index (χ0) is 21.0. The van der Waals surface area contributed by atoms with Gasteiger partial charge in [0, 0.05) is 11.3 Å². The molecule has 0 amide bonds. The number of carbonyl (C=O) groups is 1. The molecule has 1 atom stereocenters. The van der Waals surface area contributed by atoms with E-state index in [1.807, 2.05) is 32.9 Å². The van der Waals surface area contributed by atoms with Crippen molar-refractivity contribution < 1.29 is 14.6 Å². The first-order valence-electron chi connectivity index (χ1n) is 9.35. The average molecular weight is 420 g/mol. The SMILES string of the molecule is Cc1cc(OC(C)C)c(C(C)C)cc1C(Nc1ccc(C(=N)N)cc1)C(=O)O.Cl. The highest BCUT2D eigenvalue weighted by atomic mass is 35.5. The molecule has 29 heavy (non-hydrogen) atoms. The molecule has 2 rings (SSSR count). The molecule has 0 aliphatic carbocycles. The molecule has 0 spiro atoms. The number of aliphatic carboxylic acids is 1. The highest BCUT2D eigenvalue weighted by Crippen LogP contribution is 2.34. The molecule has 0 aliphatic rings. The van der Waals surface area contributed by atoms with Crippen LogP contribution in [0, 0.1) is 12.3 Å². The number of nitrogens with two attached hydrogens (primary N) is 1. The van der Waals surface area contributed by atoms with Crippen LogP contribution in [0.1, 0.15) is 61.9 Å². The van der Waals surface area contributed by atoms with E-state index in [1.54, 1.807) is 24.3 Å². The summed E-state index contributed by atoms with van der Waals surface area (Å²) in [5, 5.41) is 20.4. The van der Waals surface area contributed by atoms with Crippen molar-refractivity contribution in [3.63, 3.8) is 0 Å². The minimum Gasteiger partial charge on any atom is -0.491 e. The van der Waals surface area contributed by atoms with Gasteiger partial charge in [0.1, 0.15) is 11.6 Å². The number of benzene rings is 2. The van der Waals surface area contributed by atoms with E-state index in [0.717, 1.165) is 16.9 Å². The Morgan fingerprint density at radius 1 is 1.10 bits per heavy atom. The van der Waals surface area contributed by atoms with Crippen LogP contribution in [0.15, 0.2) is 36.4 Å². The maximum atomic E-state index is 12.0. The zero-order valence-electron chi connectivity index (χ0n) is 17.4. The van der Waals surface area contributed by atoms with Gasteiger partial charge in [-0.3, -0.25) is 5.41 Å². The number of nitrogens with one attached hydrogen (secondary N) is 2. The monoisotopic (exact) mass is 419 g/mol. The highest BCUT2D eigenvalue weighted by Gasteiger charge is 2.24. The Bertz CT molecular complexity index is 864. The van der Waals surface area contributed by atoms with E-state index >= 15 is 0 Å². The number of ether oxygens (including phenoxy) is 1. The fraction of sp³-hybridized carbons (Fsp3) is 0.364. The number of hydrogen-bond donors (Lipinski definition) is 4. The Hall–Kier alpha value is -2.73. The summed E-state index contributed by atoms with van der Waals surface area (Å²) in [6.45, 7) is 9.96. The first kappa shape index (κ1) is 24.3. The number of nitrogen functional groups attached to an aromatic ring is 1. The van der Waals surface area contributed by atoms with E-state index in [1.165, 1.54) is 0 Å². The fourth-order valence-electron chi connectivity index (χ4n) is 3.02. The van der Waals surface area contributed by atoms with Gasteiger partial charge in [-0.2, -0.15) is 0 Å². The zero-order valence-corrected chi connectivity index (χ0v) is 18.3. The number of hydrogen-bond acceptors (Lipinski definition) is 4. The first-order valence-corrected chi connectivity index (χ1v) is 9.35. The van der Waals surface area contributed by atoms with Crippen molar-refractivity contribution in [1.82, 2.24) is 0 Å². The Labute approximate surface area is 178 Å². The Balaban J connectivity index is 0.00000420. The summed E-state index contributed by atoms with van der Waals surface area (Å²) in [5.74, 6) is -0.0101. The lowest BCUT2D eigenvalue weighted by molar-refractivity contribution is -0.138. The van der Waals surface area contributed by atoms with Gasteiger partial charge in [-0.15, -0.1) is 12.4 Å². The second kappa shape index (κ2) is 10.2. The van der Waals surface area contributed by atoms with Crippen LogP contribution in [0.25, 0.3) is 0 Å². The molecule has 0 heterocycles. The molecule has 0 aliphatic heterocycles. The van der Waals surface area contributed by atoms with E-state index in [0.29, 0.717) is 16.8 Å². The van der Waals surface area contributed by atoms with Crippen LogP contribution >= 0.6 is 12.4 Å². The van der Waals surface area contributed by atoms with E-state index in [4.69, 9.17) is 15.9 Å². The van der Waals surface area contributed by atoms with Crippen LogP contribution in [-0.4, -0.2) is 23.0 Å². The maximum Gasteiger partial charge on any atom is 0.330 e. The van der Waals surface area contributed by atoms with Crippen LogP contribution in [-0.2, 0) is 4.79 Å². The third-order valence-electron chi connectivity index (χ3n) is 4.45. The number of carboxylic acid groups (broad SMARTS) is 1. The van der Waals surface area contributed by atoms with Crippen molar-refractivity contribution in [2.75, 3.05) is 5.32 Å². The van der Waals surface area contributed by atoms with Gasteiger partial charge in [0.15, 0.2) is 6.04 Å². The van der Waals surface area contributed by atoms with Crippen LogP contribution in [0.5, 0.6) is 5.75 Å². The van der Waals surface area contributed by atoms with E-state index in [-0.39, 0.29) is 30.3 Å². The van der Waals surface area contributed by atoms with Crippen molar-refractivity contribution in [1.29, 1.82) is 5.41 Å². The molecule has 1 unspecified atom stereocenters. The number of anilines is 1. The van der Waals surface area contributed by atoms with Crippen LogP contribution in [0.3, 0.4) is 0 Å². The normalized spacial score (nSPS) is 11.7. The predicted molar refractivity (Wildman–Crippen MR) is 120 cm³/mol. The molecular weight excluding hydrogens is 390 g/mol. The predicted octanol–water partition coefficient (Wildman–Crippen LogP) is 4.85. The first-order chi connectivity index (χ1) is 13.1. The molecule has 2 aromatic carbocycles. The highest BCUT2D eigenvalue weighted by molar-refractivity contribution is 5.95. The second-order valence-electron chi connectivity index (χ2n) is 7.47. The van der Waals surface area contributed by atoms with Crippen molar-refractivity contribution >= 4 is 29.9 Å². The summed E-state index contributed by atoms with van der Waals surface area (Å²) in [7, 11) is 0. The van der Waals surface area contributed by atoms with Crippen LogP contribution in [0.2, 0.25) is 0 Å². The Morgan fingerprint density at radius 3 is 2.14 bits per heavy atom. The van der Waals surface area contributed by atoms with Crippen molar-refractivity contribution in [3.05, 3.63) is 58.7 Å². The average Bonchev–Trinajstić information content (AvgIpc) is 2.59. The van der Waals surface area contributed by atoms with Gasteiger partial charge in [-0.25, -0.2) is 4.79 Å². The summed E-state index contributed by atoms with van der Waals surface area (Å²) >= 11 is 0. The molecule has 2 aromatic rings. The minimum absolute atomic E-state index is 0. The molecule has 0 aromatic heterocycles. The lowest BCUT2D eigenvalue weighted by Crippen LogP contribution is -2.22. The molecule has 0 saturated carbocycles. The Kier molecular flexibility index (Phi) is 8.52. The lowest BCUT2D eigenvalue weighted by Gasteiger charge is -2.23. The topological polar surface area (TPSA) is 108 Å². The summed E-state index contributed by atoms with van der Waals surface area (Å²) in [6.07, 6.45) is 0.0379. The van der Waals surface area contributed by atoms with Gasteiger partial charge in [0.25, 0.3) is 0 Å². The molecule has 0 fully saturated rings. The molecule has 0 bridgehead atoms. The number of halogens is 1.